The van der Waals surface area contributed by atoms with Gasteiger partial charge in [-0.1, -0.05) is 0 Å². The third kappa shape index (κ3) is 6.72. The van der Waals surface area contributed by atoms with Crippen LogP contribution in [0.3, 0.4) is 0 Å². The van der Waals surface area contributed by atoms with Crippen LogP contribution in [-0.4, -0.2) is 37.7 Å². The molecule has 0 unspecified atom stereocenters. The zero-order chi connectivity index (χ0) is 13.7. The molecule has 0 aliphatic carbocycles. The van der Waals surface area contributed by atoms with Gasteiger partial charge in [0.2, 0.25) is 0 Å². The van der Waals surface area contributed by atoms with Gasteiger partial charge in [0.1, 0.15) is 11.6 Å². The quantitative estimate of drug-likeness (QED) is 0.341. The van der Waals surface area contributed by atoms with Crippen LogP contribution in [0, 0.1) is 11.6 Å². The van der Waals surface area contributed by atoms with Gasteiger partial charge in [-0.2, -0.15) is 0 Å². The Morgan fingerprint density at radius 1 is 0.737 bits per heavy atom. The van der Waals surface area contributed by atoms with Crippen LogP contribution >= 0.6 is 25.3 Å². The van der Waals surface area contributed by atoms with Crippen molar-refractivity contribution in [2.75, 3.05) is 11.5 Å². The number of nitrogen functional groups attached to an aromatic ring is 2. The second kappa shape index (κ2) is 8.92. The van der Waals surface area contributed by atoms with E-state index in [0.29, 0.717) is 21.2 Å². The molecule has 0 spiro atoms. The number of nitrogens with two attached hydrogens (primary N) is 2. The maximum atomic E-state index is 12.2. The predicted octanol–water partition coefficient (Wildman–Crippen LogP) is 2.48. The average Bonchev–Trinajstić information content (AvgIpc) is 2.30. The number of hydrogen-bond donors (Lipinski definition) is 4. The van der Waals surface area contributed by atoms with Crippen molar-refractivity contribution >= 4 is 74.4 Å². The van der Waals surface area contributed by atoms with Crippen molar-refractivity contribution in [2.24, 2.45) is 0 Å². The molecule has 0 radical (unpaired) electrons. The standard InChI is InChI=1S/2C6H6FNS.Ca.2H/c2*7-4-1-2-5(8)6(9)3-4;;;/h2*1-3,9H,8H2;;;. The zero-order valence-corrected chi connectivity index (χ0v) is 11.1. The molecule has 2 rings (SSSR count). The SMILES string of the molecule is Nc1ccc(F)cc1S.Nc1ccc(F)cc1S.[CaH2]. The molecule has 100 valence electrons. The Balaban J connectivity index is 0.000000324. The molecular formula is C12H14CaF2N2S2. The van der Waals surface area contributed by atoms with Crippen LogP contribution < -0.4 is 11.5 Å². The molecule has 0 aliphatic rings. The van der Waals surface area contributed by atoms with Crippen LogP contribution in [0.2, 0.25) is 0 Å². The normalized spacial score (nSPS) is 9.05. The van der Waals surface area contributed by atoms with E-state index in [-0.39, 0.29) is 49.4 Å². The summed E-state index contributed by atoms with van der Waals surface area (Å²) in [4.78, 5) is 0.963. The molecule has 0 amide bonds. The van der Waals surface area contributed by atoms with E-state index in [9.17, 15) is 8.78 Å². The molecule has 0 aliphatic heterocycles. The van der Waals surface area contributed by atoms with Crippen molar-refractivity contribution in [1.29, 1.82) is 0 Å². The third-order valence-corrected chi connectivity index (χ3v) is 2.76. The summed E-state index contributed by atoms with van der Waals surface area (Å²) < 4.78 is 24.5. The number of benzene rings is 2. The molecule has 2 nitrogen and oxygen atoms in total. The van der Waals surface area contributed by atoms with Crippen LogP contribution in [0.4, 0.5) is 20.2 Å². The van der Waals surface area contributed by atoms with E-state index < -0.39 is 0 Å². The summed E-state index contributed by atoms with van der Waals surface area (Å²) in [7, 11) is 0. The van der Waals surface area contributed by atoms with Crippen LogP contribution in [0.1, 0.15) is 0 Å². The maximum absolute atomic E-state index is 12.2. The van der Waals surface area contributed by atoms with Crippen LogP contribution in [0.15, 0.2) is 46.2 Å². The van der Waals surface area contributed by atoms with Crippen molar-refractivity contribution in [1.82, 2.24) is 0 Å². The molecular weight excluding hydrogens is 314 g/mol. The fraction of sp³-hybridized carbons (Fsp3) is 0. The van der Waals surface area contributed by atoms with Gasteiger partial charge in [-0.15, -0.1) is 25.3 Å². The van der Waals surface area contributed by atoms with Gasteiger partial charge in [-0.3, -0.25) is 0 Å². The van der Waals surface area contributed by atoms with Gasteiger partial charge in [-0.25, -0.2) is 8.78 Å². The second-order valence-corrected chi connectivity index (χ2v) is 4.37. The fourth-order valence-corrected chi connectivity index (χ4v) is 1.43. The first-order chi connectivity index (χ1) is 8.40. The molecule has 7 heteroatoms. The number of thiol groups is 2. The number of rotatable bonds is 0. The molecule has 0 bridgehead atoms. The fourth-order valence-electron chi connectivity index (χ4n) is 1.03. The van der Waals surface area contributed by atoms with Crippen molar-refractivity contribution in [3.8, 4) is 0 Å². The molecule has 0 saturated heterocycles. The first kappa shape index (κ1) is 18.9. The summed E-state index contributed by atoms with van der Waals surface area (Å²) in [6.07, 6.45) is 0. The van der Waals surface area contributed by atoms with E-state index in [1.54, 1.807) is 0 Å². The van der Waals surface area contributed by atoms with Crippen molar-refractivity contribution in [2.45, 2.75) is 9.79 Å². The van der Waals surface area contributed by atoms with Gasteiger partial charge in [0.05, 0.1) is 0 Å². The molecule has 0 atom stereocenters. The van der Waals surface area contributed by atoms with Crippen molar-refractivity contribution in [3.05, 3.63) is 48.0 Å². The van der Waals surface area contributed by atoms with Gasteiger partial charge in [-0.05, 0) is 36.4 Å². The Labute approximate surface area is 151 Å². The van der Waals surface area contributed by atoms with Crippen molar-refractivity contribution in [3.63, 3.8) is 0 Å². The molecule has 19 heavy (non-hydrogen) atoms. The van der Waals surface area contributed by atoms with Gasteiger partial charge >= 0.3 is 37.7 Å². The summed E-state index contributed by atoms with van der Waals surface area (Å²) in [5.41, 5.74) is 11.7. The zero-order valence-electron chi connectivity index (χ0n) is 9.27. The summed E-state index contributed by atoms with van der Waals surface area (Å²) in [5.74, 6) is -0.622. The second-order valence-electron chi connectivity index (χ2n) is 3.41. The Hall–Kier alpha value is -0.140. The molecule has 0 aromatic heterocycles. The van der Waals surface area contributed by atoms with E-state index in [0.717, 1.165) is 0 Å². The van der Waals surface area contributed by atoms with E-state index in [1.807, 2.05) is 0 Å². The average molecular weight is 328 g/mol. The van der Waals surface area contributed by atoms with Gasteiger partial charge < -0.3 is 11.5 Å². The van der Waals surface area contributed by atoms with Gasteiger partial charge in [0, 0.05) is 21.2 Å². The molecule has 0 fully saturated rings. The van der Waals surface area contributed by atoms with Crippen molar-refractivity contribution < 1.29 is 8.78 Å². The number of hydrogen-bond acceptors (Lipinski definition) is 4. The minimum atomic E-state index is -0.311. The Kier molecular flexibility index (Phi) is 8.85. The molecule has 2 aromatic rings. The first-order valence-corrected chi connectivity index (χ1v) is 5.77. The minimum absolute atomic E-state index is 0. The summed E-state index contributed by atoms with van der Waals surface area (Å²) in [6, 6.07) is 8.12. The molecule has 0 saturated carbocycles. The van der Waals surface area contributed by atoms with E-state index >= 15 is 0 Å². The molecule has 2 aromatic carbocycles. The Bertz CT molecular complexity index is 504. The monoisotopic (exact) mass is 328 g/mol. The van der Waals surface area contributed by atoms with E-state index in [1.165, 1.54) is 36.4 Å². The number of anilines is 2. The Morgan fingerprint density at radius 3 is 1.26 bits per heavy atom. The molecule has 0 heterocycles. The predicted molar refractivity (Wildman–Crippen MR) is 84.7 cm³/mol. The van der Waals surface area contributed by atoms with Crippen LogP contribution in [0.5, 0.6) is 0 Å². The van der Waals surface area contributed by atoms with E-state index in [2.05, 4.69) is 25.3 Å². The molecule has 4 N–H and O–H groups in total. The van der Waals surface area contributed by atoms with Gasteiger partial charge in [0.15, 0.2) is 0 Å². The van der Waals surface area contributed by atoms with Crippen LogP contribution in [0.25, 0.3) is 0 Å². The number of halogens is 2. The first-order valence-electron chi connectivity index (χ1n) is 4.88. The topological polar surface area (TPSA) is 52.0 Å². The summed E-state index contributed by atoms with van der Waals surface area (Å²) in [6.45, 7) is 0. The summed E-state index contributed by atoms with van der Waals surface area (Å²) >= 11 is 7.81. The van der Waals surface area contributed by atoms with Gasteiger partial charge in [0.25, 0.3) is 0 Å². The van der Waals surface area contributed by atoms with E-state index in [4.69, 9.17) is 11.5 Å². The van der Waals surface area contributed by atoms with Crippen LogP contribution in [-0.2, 0) is 0 Å². The third-order valence-electron chi connectivity index (χ3n) is 1.98. The Morgan fingerprint density at radius 2 is 1.05 bits per heavy atom. The summed E-state index contributed by atoms with van der Waals surface area (Å²) in [5, 5.41) is 0.